The summed E-state index contributed by atoms with van der Waals surface area (Å²) in [5.41, 5.74) is 0. The lowest BCUT2D eigenvalue weighted by Gasteiger charge is -2.25. The number of rotatable bonds is 5. The van der Waals surface area contributed by atoms with Crippen LogP contribution in [0, 0.1) is 0 Å². The van der Waals surface area contributed by atoms with E-state index in [2.05, 4.69) is 20.4 Å². The first-order chi connectivity index (χ1) is 5.54. The van der Waals surface area contributed by atoms with Crippen molar-refractivity contribution in [1.29, 1.82) is 0 Å². The van der Waals surface area contributed by atoms with E-state index in [-0.39, 0.29) is 5.97 Å². The summed E-state index contributed by atoms with van der Waals surface area (Å²) in [7, 11) is -1.66. The molecule has 3 heteroatoms. The highest BCUT2D eigenvalue weighted by Crippen LogP contribution is 2.20. The van der Waals surface area contributed by atoms with Crippen molar-refractivity contribution in [2.75, 3.05) is 0 Å². The number of carbonyl (C=O) groups is 1. The van der Waals surface area contributed by atoms with Crippen LogP contribution in [-0.2, 0) is 9.22 Å². The van der Waals surface area contributed by atoms with Crippen LogP contribution in [0.5, 0.6) is 0 Å². The summed E-state index contributed by atoms with van der Waals surface area (Å²) in [6.07, 6.45) is 2.24. The van der Waals surface area contributed by atoms with Crippen LogP contribution in [0.1, 0.15) is 33.6 Å². The Morgan fingerprint density at radius 2 is 1.67 bits per heavy atom. The van der Waals surface area contributed by atoms with Crippen LogP contribution in [0.15, 0.2) is 0 Å². The maximum absolute atomic E-state index is 10.8. The van der Waals surface area contributed by atoms with Crippen LogP contribution >= 0.6 is 0 Å². The van der Waals surface area contributed by atoms with Crippen molar-refractivity contribution in [2.24, 2.45) is 0 Å². The topological polar surface area (TPSA) is 26.3 Å². The fourth-order valence-corrected chi connectivity index (χ4v) is 4.90. The number of hydrogen-bond acceptors (Lipinski definition) is 2. The van der Waals surface area contributed by atoms with E-state index in [1.54, 1.807) is 0 Å². The molecule has 0 N–H and O–H groups in total. The molecule has 0 unspecified atom stereocenters. The van der Waals surface area contributed by atoms with Gasteiger partial charge in [-0.15, -0.1) is 0 Å². The van der Waals surface area contributed by atoms with Crippen LogP contribution in [0.3, 0.4) is 0 Å². The third kappa shape index (κ3) is 4.54. The minimum absolute atomic E-state index is 0.105. The van der Waals surface area contributed by atoms with Crippen molar-refractivity contribution in [3.8, 4) is 0 Å². The molecule has 0 fully saturated rings. The fourth-order valence-electron chi connectivity index (χ4n) is 1.63. The Balaban J connectivity index is 4.07. The highest BCUT2D eigenvalue weighted by molar-refractivity contribution is 6.73. The summed E-state index contributed by atoms with van der Waals surface area (Å²) in [4.78, 5) is 10.8. The van der Waals surface area contributed by atoms with E-state index in [9.17, 15) is 4.79 Å². The summed E-state index contributed by atoms with van der Waals surface area (Å²) in [6, 6.07) is 2.20. The van der Waals surface area contributed by atoms with E-state index in [4.69, 9.17) is 4.43 Å². The SMILES string of the molecule is CCC[Si](C)(CCC)OC(C)=O. The third-order valence-electron chi connectivity index (χ3n) is 1.95. The maximum atomic E-state index is 10.8. The normalized spacial score (nSPS) is 11.3. The van der Waals surface area contributed by atoms with E-state index in [1.165, 1.54) is 6.92 Å². The predicted octanol–water partition coefficient (Wildman–Crippen LogP) is 2.94. The highest BCUT2D eigenvalue weighted by Gasteiger charge is 2.29. The zero-order valence-electron chi connectivity index (χ0n) is 8.64. The molecule has 0 aliphatic heterocycles. The van der Waals surface area contributed by atoms with Gasteiger partial charge in [-0.25, -0.2) is 0 Å². The molecule has 12 heavy (non-hydrogen) atoms. The molecule has 0 amide bonds. The van der Waals surface area contributed by atoms with Crippen LogP contribution in [-0.4, -0.2) is 14.3 Å². The molecule has 0 aliphatic carbocycles. The monoisotopic (exact) mass is 188 g/mol. The van der Waals surface area contributed by atoms with E-state index >= 15 is 0 Å². The molecule has 0 bridgehead atoms. The van der Waals surface area contributed by atoms with Gasteiger partial charge in [-0.3, -0.25) is 4.79 Å². The summed E-state index contributed by atoms with van der Waals surface area (Å²) < 4.78 is 5.42. The second kappa shape index (κ2) is 5.35. The summed E-state index contributed by atoms with van der Waals surface area (Å²) in [6.45, 7) is 7.95. The van der Waals surface area contributed by atoms with Crippen LogP contribution < -0.4 is 0 Å². The van der Waals surface area contributed by atoms with Gasteiger partial charge in [0.15, 0.2) is 0 Å². The van der Waals surface area contributed by atoms with Gasteiger partial charge in [0.1, 0.15) is 0 Å². The molecular formula is C9H20O2Si. The largest absolute Gasteiger partial charge is 0.520 e. The second-order valence-corrected chi connectivity index (χ2v) is 7.65. The smallest absolute Gasteiger partial charge is 0.289 e. The van der Waals surface area contributed by atoms with Crippen molar-refractivity contribution >= 4 is 14.3 Å². The average Bonchev–Trinajstić information content (AvgIpc) is 1.85. The Morgan fingerprint density at radius 3 is 1.92 bits per heavy atom. The van der Waals surface area contributed by atoms with Gasteiger partial charge in [0.2, 0.25) is 0 Å². The van der Waals surface area contributed by atoms with Gasteiger partial charge < -0.3 is 4.43 Å². The number of hydrogen-bond donors (Lipinski definition) is 0. The molecule has 0 rings (SSSR count). The molecule has 72 valence electrons. The molecule has 0 aromatic heterocycles. The van der Waals surface area contributed by atoms with Gasteiger partial charge in [-0.2, -0.15) is 0 Å². The maximum Gasteiger partial charge on any atom is 0.289 e. The summed E-state index contributed by atoms with van der Waals surface area (Å²) >= 11 is 0. The minimum atomic E-state index is -1.66. The standard InChI is InChI=1S/C9H20O2Si/c1-5-7-12(4,8-6-2)11-9(3)10/h5-8H2,1-4H3. The van der Waals surface area contributed by atoms with E-state index in [0.717, 1.165) is 24.9 Å². The van der Waals surface area contributed by atoms with Gasteiger partial charge in [-0.1, -0.05) is 26.7 Å². The zero-order valence-corrected chi connectivity index (χ0v) is 9.64. The van der Waals surface area contributed by atoms with Crippen molar-refractivity contribution in [3.63, 3.8) is 0 Å². The van der Waals surface area contributed by atoms with Crippen LogP contribution in [0.4, 0.5) is 0 Å². The third-order valence-corrected chi connectivity index (χ3v) is 5.84. The molecule has 0 spiro atoms. The van der Waals surface area contributed by atoms with Crippen LogP contribution in [0.2, 0.25) is 18.6 Å². The first kappa shape index (κ1) is 11.7. The Bertz CT molecular complexity index is 139. The van der Waals surface area contributed by atoms with Gasteiger partial charge in [0, 0.05) is 6.92 Å². The van der Waals surface area contributed by atoms with Gasteiger partial charge in [0.25, 0.3) is 14.3 Å². The van der Waals surface area contributed by atoms with Crippen LogP contribution in [0.25, 0.3) is 0 Å². The van der Waals surface area contributed by atoms with E-state index < -0.39 is 8.32 Å². The highest BCUT2D eigenvalue weighted by atomic mass is 28.4. The molecule has 0 radical (unpaired) electrons. The van der Waals surface area contributed by atoms with Crippen molar-refractivity contribution in [2.45, 2.75) is 52.2 Å². The Morgan fingerprint density at radius 1 is 1.25 bits per heavy atom. The Hall–Kier alpha value is -0.313. The molecular weight excluding hydrogens is 168 g/mol. The lowest BCUT2D eigenvalue weighted by atomic mass is 10.6. The lowest BCUT2D eigenvalue weighted by Crippen LogP contribution is -2.35. The first-order valence-corrected chi connectivity index (χ1v) is 7.56. The molecule has 0 heterocycles. The lowest BCUT2D eigenvalue weighted by molar-refractivity contribution is -0.132. The average molecular weight is 188 g/mol. The van der Waals surface area contributed by atoms with Crippen molar-refractivity contribution in [3.05, 3.63) is 0 Å². The molecule has 0 aromatic rings. The molecule has 0 aliphatic rings. The molecule has 0 saturated carbocycles. The summed E-state index contributed by atoms with van der Waals surface area (Å²) in [5, 5.41) is 0. The number of carbonyl (C=O) groups excluding carboxylic acids is 1. The summed E-state index contributed by atoms with van der Waals surface area (Å²) in [5.74, 6) is -0.105. The second-order valence-electron chi connectivity index (χ2n) is 3.54. The van der Waals surface area contributed by atoms with Gasteiger partial charge in [0.05, 0.1) is 0 Å². The minimum Gasteiger partial charge on any atom is -0.520 e. The molecule has 2 nitrogen and oxygen atoms in total. The molecule has 0 aromatic carbocycles. The predicted molar refractivity (Wildman–Crippen MR) is 53.6 cm³/mol. The van der Waals surface area contributed by atoms with Crippen molar-refractivity contribution < 1.29 is 9.22 Å². The molecule has 0 saturated heterocycles. The fraction of sp³-hybridized carbons (Fsp3) is 0.889. The van der Waals surface area contributed by atoms with Gasteiger partial charge in [-0.05, 0) is 18.6 Å². The first-order valence-electron chi connectivity index (χ1n) is 4.73. The molecule has 0 atom stereocenters. The quantitative estimate of drug-likeness (QED) is 0.620. The Kier molecular flexibility index (Phi) is 5.21. The van der Waals surface area contributed by atoms with E-state index in [0.29, 0.717) is 0 Å². The van der Waals surface area contributed by atoms with Gasteiger partial charge >= 0.3 is 0 Å². The van der Waals surface area contributed by atoms with Crippen molar-refractivity contribution in [1.82, 2.24) is 0 Å². The zero-order chi connectivity index (χ0) is 9.61. The Labute approximate surface area is 76.4 Å². The van der Waals surface area contributed by atoms with E-state index in [1.807, 2.05) is 0 Å².